The topological polar surface area (TPSA) is 120 Å². The fourth-order valence-electron chi connectivity index (χ4n) is 2.24. The molecule has 1 N–H and O–H groups in total. The first-order chi connectivity index (χ1) is 12.6. The normalized spacial score (nSPS) is 12.1. The Morgan fingerprint density at radius 2 is 2.04 bits per heavy atom. The lowest BCUT2D eigenvalue weighted by molar-refractivity contribution is -0.154. The van der Waals surface area contributed by atoms with Gasteiger partial charge in [0.05, 0.1) is 24.2 Å². The van der Waals surface area contributed by atoms with Crippen LogP contribution >= 0.6 is 0 Å². The van der Waals surface area contributed by atoms with Crippen molar-refractivity contribution in [2.75, 3.05) is 6.54 Å². The van der Waals surface area contributed by atoms with Gasteiger partial charge in [0.15, 0.2) is 0 Å². The van der Waals surface area contributed by atoms with Gasteiger partial charge in [-0.25, -0.2) is 15.0 Å². The Morgan fingerprint density at radius 1 is 1.30 bits per heavy atom. The van der Waals surface area contributed by atoms with Gasteiger partial charge in [0.1, 0.15) is 11.9 Å². The second kappa shape index (κ2) is 8.52. The molecule has 9 nitrogen and oxygen atoms in total. The third kappa shape index (κ3) is 6.61. The molecule has 9 heteroatoms. The number of rotatable bonds is 7. The molecule has 0 bridgehead atoms. The molecule has 0 amide bonds. The molecule has 2 aromatic heterocycles. The van der Waals surface area contributed by atoms with Crippen LogP contribution in [0.3, 0.4) is 0 Å². The quantitative estimate of drug-likeness (QED) is 0.582. The van der Waals surface area contributed by atoms with Crippen LogP contribution in [0, 0.1) is 6.92 Å². The first kappa shape index (κ1) is 20.2. The molecular formula is C18H23N5O4. The van der Waals surface area contributed by atoms with E-state index in [1.807, 2.05) is 0 Å². The van der Waals surface area contributed by atoms with Crippen LogP contribution in [-0.4, -0.2) is 54.4 Å². The van der Waals surface area contributed by atoms with Gasteiger partial charge in [-0.15, -0.1) is 0 Å². The number of imidazole rings is 1. The van der Waals surface area contributed by atoms with E-state index in [1.165, 1.54) is 0 Å². The summed E-state index contributed by atoms with van der Waals surface area (Å²) in [5.74, 6) is -1.06. The molecule has 0 spiro atoms. The molecule has 0 aliphatic heterocycles. The average Bonchev–Trinajstić information content (AvgIpc) is 3.05. The van der Waals surface area contributed by atoms with E-state index in [1.54, 1.807) is 57.0 Å². The Hall–Kier alpha value is -3.10. The highest BCUT2D eigenvalue weighted by atomic mass is 16.6. The lowest BCUT2D eigenvalue weighted by atomic mass is 10.1. The van der Waals surface area contributed by atoms with E-state index in [4.69, 9.17) is 4.74 Å². The Balaban J connectivity index is 2.23. The van der Waals surface area contributed by atoms with Crippen molar-refractivity contribution in [2.24, 2.45) is 4.99 Å². The van der Waals surface area contributed by atoms with Gasteiger partial charge in [0.2, 0.25) is 5.95 Å². The number of carbonyl (C=O) groups excluding carboxylic acids is 1. The number of esters is 1. The van der Waals surface area contributed by atoms with E-state index < -0.39 is 11.6 Å². The van der Waals surface area contributed by atoms with Gasteiger partial charge in [-0.05, 0) is 33.8 Å². The minimum Gasteiger partial charge on any atom is -0.481 e. The number of ether oxygens (including phenoxy) is 1. The number of hydrogen-bond acceptors (Lipinski definition) is 7. The summed E-state index contributed by atoms with van der Waals surface area (Å²) in [4.78, 5) is 40.0. The van der Waals surface area contributed by atoms with E-state index in [0.29, 0.717) is 17.3 Å². The predicted octanol–water partition coefficient (Wildman–Crippen LogP) is 1.97. The highest BCUT2D eigenvalue weighted by molar-refractivity contribution is 6.08. The lowest BCUT2D eigenvalue weighted by Crippen LogP contribution is -2.24. The van der Waals surface area contributed by atoms with Gasteiger partial charge in [-0.2, -0.15) is 0 Å². The molecule has 0 unspecified atom stereocenters. The van der Waals surface area contributed by atoms with E-state index in [0.717, 1.165) is 0 Å². The number of nitrogens with zero attached hydrogens (tertiary/aromatic N) is 5. The van der Waals surface area contributed by atoms with Crippen molar-refractivity contribution in [3.8, 4) is 5.95 Å². The largest absolute Gasteiger partial charge is 0.481 e. The Bertz CT molecular complexity index is 838. The number of carbonyl (C=O) groups is 2. The van der Waals surface area contributed by atoms with Crippen molar-refractivity contribution in [3.63, 3.8) is 0 Å². The first-order valence-corrected chi connectivity index (χ1v) is 8.45. The first-order valence-electron chi connectivity index (χ1n) is 8.45. The second-order valence-electron chi connectivity index (χ2n) is 6.90. The molecule has 0 saturated heterocycles. The van der Waals surface area contributed by atoms with Gasteiger partial charge < -0.3 is 9.84 Å². The molecule has 27 heavy (non-hydrogen) atoms. The zero-order valence-electron chi connectivity index (χ0n) is 15.8. The average molecular weight is 373 g/mol. The molecular weight excluding hydrogens is 350 g/mol. The summed E-state index contributed by atoms with van der Waals surface area (Å²) in [5.41, 5.74) is 0.762. The third-order valence-corrected chi connectivity index (χ3v) is 3.23. The van der Waals surface area contributed by atoms with Crippen LogP contribution in [0.1, 0.15) is 45.0 Å². The van der Waals surface area contributed by atoms with Crippen molar-refractivity contribution in [1.29, 1.82) is 0 Å². The van der Waals surface area contributed by atoms with Gasteiger partial charge in [-0.1, -0.05) is 0 Å². The monoisotopic (exact) mass is 373 g/mol. The van der Waals surface area contributed by atoms with Crippen molar-refractivity contribution >= 4 is 17.7 Å². The van der Waals surface area contributed by atoms with Gasteiger partial charge in [-0.3, -0.25) is 19.1 Å². The number of carboxylic acid groups (broad SMARTS) is 1. The molecule has 0 radical (unpaired) electrons. The number of aromatic nitrogens is 4. The highest BCUT2D eigenvalue weighted by Crippen LogP contribution is 2.11. The smallest absolute Gasteiger partial charge is 0.309 e. The van der Waals surface area contributed by atoms with Crippen LogP contribution in [0.15, 0.2) is 29.8 Å². The van der Waals surface area contributed by atoms with Crippen molar-refractivity contribution in [3.05, 3.63) is 36.2 Å². The highest BCUT2D eigenvalue weighted by Gasteiger charge is 2.17. The molecule has 2 heterocycles. The maximum atomic E-state index is 11.8. The van der Waals surface area contributed by atoms with E-state index in [-0.39, 0.29) is 31.1 Å². The third-order valence-electron chi connectivity index (χ3n) is 3.23. The van der Waals surface area contributed by atoms with Gasteiger partial charge in [0, 0.05) is 24.6 Å². The minimum absolute atomic E-state index is 0.0544. The van der Waals surface area contributed by atoms with Crippen LogP contribution < -0.4 is 0 Å². The van der Waals surface area contributed by atoms with Gasteiger partial charge >= 0.3 is 11.9 Å². The van der Waals surface area contributed by atoms with Crippen LogP contribution in [0.4, 0.5) is 0 Å². The Kier molecular flexibility index (Phi) is 6.38. The number of aliphatic imine (C=N–C) groups is 1. The second-order valence-corrected chi connectivity index (χ2v) is 6.90. The number of aryl methyl sites for hydroxylation is 1. The van der Waals surface area contributed by atoms with Crippen molar-refractivity contribution < 1.29 is 19.4 Å². The summed E-state index contributed by atoms with van der Waals surface area (Å²) in [6.45, 7) is 7.24. The summed E-state index contributed by atoms with van der Waals surface area (Å²) in [5, 5.41) is 9.20. The molecule has 0 saturated carbocycles. The zero-order valence-corrected chi connectivity index (χ0v) is 15.8. The summed E-state index contributed by atoms with van der Waals surface area (Å²) in [7, 11) is 0. The van der Waals surface area contributed by atoms with Crippen LogP contribution in [0.25, 0.3) is 5.95 Å². The van der Waals surface area contributed by atoms with Gasteiger partial charge in [0.25, 0.3) is 0 Å². The van der Waals surface area contributed by atoms with Crippen LogP contribution in [0.2, 0.25) is 0 Å². The van der Waals surface area contributed by atoms with Crippen LogP contribution in [-0.2, 0) is 14.3 Å². The summed E-state index contributed by atoms with van der Waals surface area (Å²) in [6.07, 6.45) is 4.58. The fourth-order valence-corrected chi connectivity index (χ4v) is 2.24. The van der Waals surface area contributed by atoms with Crippen LogP contribution in [0.5, 0.6) is 0 Å². The molecule has 0 aliphatic carbocycles. The number of hydrogen-bond donors (Lipinski definition) is 1. The maximum Gasteiger partial charge on any atom is 0.309 e. The minimum atomic E-state index is -1.04. The summed E-state index contributed by atoms with van der Waals surface area (Å²) < 4.78 is 6.85. The van der Waals surface area contributed by atoms with Crippen molar-refractivity contribution in [1.82, 2.24) is 19.5 Å². The van der Waals surface area contributed by atoms with E-state index in [9.17, 15) is 14.7 Å². The summed E-state index contributed by atoms with van der Waals surface area (Å²) in [6, 6.07) is 1.66. The molecule has 2 rings (SSSR count). The standard InChI is InChI=1S/C18H23N5O4/c1-12-9-14(22-17(21-12)23-8-7-19-11-23)13(10-15(24)25)20-6-5-16(26)27-18(2,3)4/h7-9,11H,5-6,10H2,1-4H3,(H,24,25)/b20-13+. The fraction of sp³-hybridized carbons (Fsp3) is 0.444. The van der Waals surface area contributed by atoms with Crippen molar-refractivity contribution in [2.45, 2.75) is 46.1 Å². The lowest BCUT2D eigenvalue weighted by Gasteiger charge is -2.19. The zero-order chi connectivity index (χ0) is 20.0. The molecule has 2 aromatic rings. The molecule has 0 aromatic carbocycles. The molecule has 0 aliphatic rings. The molecule has 0 atom stereocenters. The van der Waals surface area contributed by atoms with E-state index >= 15 is 0 Å². The number of aliphatic carboxylic acids is 1. The predicted molar refractivity (Wildman–Crippen MR) is 98.0 cm³/mol. The molecule has 0 fully saturated rings. The Morgan fingerprint density at radius 3 is 2.63 bits per heavy atom. The maximum absolute atomic E-state index is 11.8. The van der Waals surface area contributed by atoms with E-state index in [2.05, 4.69) is 19.9 Å². The Labute approximate surface area is 157 Å². The number of carboxylic acids is 1. The summed E-state index contributed by atoms with van der Waals surface area (Å²) >= 11 is 0. The SMILES string of the molecule is Cc1cc(/C(CC(=O)O)=N/CCC(=O)OC(C)(C)C)nc(-n2ccnc2)n1. The molecule has 144 valence electrons.